The zero-order valence-corrected chi connectivity index (χ0v) is 10.7. The van der Waals surface area contributed by atoms with Crippen molar-refractivity contribution < 1.29 is 17.9 Å². The van der Waals surface area contributed by atoms with Crippen molar-refractivity contribution in [2.45, 2.75) is 19.3 Å². The van der Waals surface area contributed by atoms with E-state index in [1.807, 2.05) is 4.90 Å². The summed E-state index contributed by atoms with van der Waals surface area (Å²) < 4.78 is 27.7. The molecule has 2 heterocycles. The van der Waals surface area contributed by atoms with Gasteiger partial charge in [0, 0.05) is 19.5 Å². The Bertz CT molecular complexity index is 359. The van der Waals surface area contributed by atoms with Crippen LogP contribution in [-0.2, 0) is 19.4 Å². The fraction of sp³-hybridized carbons (Fsp3) is 0.909. The lowest BCUT2D eigenvalue weighted by Crippen LogP contribution is -2.41. The Balaban J connectivity index is 1.79. The number of carbonyl (C=O) groups is 1. The molecule has 2 saturated heterocycles. The Morgan fingerprint density at radius 3 is 2.35 bits per heavy atom. The van der Waals surface area contributed by atoms with Crippen molar-refractivity contribution in [3.05, 3.63) is 0 Å². The summed E-state index contributed by atoms with van der Waals surface area (Å²) in [6, 6.07) is 0. The van der Waals surface area contributed by atoms with Crippen LogP contribution in [-0.4, -0.2) is 57.0 Å². The highest BCUT2D eigenvalue weighted by molar-refractivity contribution is 7.91. The van der Waals surface area contributed by atoms with E-state index in [9.17, 15) is 13.2 Å². The second kappa shape index (κ2) is 5.35. The van der Waals surface area contributed by atoms with Crippen molar-refractivity contribution in [2.24, 2.45) is 5.92 Å². The number of amides is 1. The third-order valence-electron chi connectivity index (χ3n) is 3.50. The highest BCUT2D eigenvalue weighted by Crippen LogP contribution is 2.22. The van der Waals surface area contributed by atoms with E-state index in [0.29, 0.717) is 45.6 Å². The molecule has 0 unspecified atom stereocenters. The molecule has 0 bridgehead atoms. The van der Waals surface area contributed by atoms with Crippen molar-refractivity contribution in [2.75, 3.05) is 37.8 Å². The van der Waals surface area contributed by atoms with Crippen LogP contribution in [0.15, 0.2) is 0 Å². The first kappa shape index (κ1) is 12.8. The number of carbonyl (C=O) groups excluding carboxylic acids is 1. The molecule has 2 aliphatic rings. The molecule has 0 saturated carbocycles. The van der Waals surface area contributed by atoms with Crippen molar-refractivity contribution in [3.8, 4) is 0 Å². The molecule has 0 aromatic heterocycles. The summed E-state index contributed by atoms with van der Waals surface area (Å²) in [6.07, 6.45) is 1.77. The maximum absolute atomic E-state index is 11.9. The van der Waals surface area contributed by atoms with Crippen molar-refractivity contribution in [1.82, 2.24) is 4.90 Å². The molecule has 0 spiro atoms. The first-order valence-electron chi connectivity index (χ1n) is 6.13. The van der Waals surface area contributed by atoms with Gasteiger partial charge in [0.1, 0.15) is 9.84 Å². The first-order valence-corrected chi connectivity index (χ1v) is 7.95. The van der Waals surface area contributed by atoms with Crippen molar-refractivity contribution in [1.29, 1.82) is 0 Å². The fourth-order valence-electron chi connectivity index (χ4n) is 2.33. The summed E-state index contributed by atoms with van der Waals surface area (Å²) in [5, 5.41) is 0. The van der Waals surface area contributed by atoms with Gasteiger partial charge in [0.05, 0.1) is 24.7 Å². The molecule has 98 valence electrons. The lowest BCUT2D eigenvalue weighted by molar-refractivity contribution is -0.136. The summed E-state index contributed by atoms with van der Waals surface area (Å²) in [7, 11) is -2.82. The smallest absolute Gasteiger partial charge is 0.223 e. The Labute approximate surface area is 102 Å². The van der Waals surface area contributed by atoms with E-state index in [-0.39, 0.29) is 23.3 Å². The van der Waals surface area contributed by atoms with E-state index in [4.69, 9.17) is 4.74 Å². The molecular formula is C11H19NO4S. The average molecular weight is 261 g/mol. The average Bonchev–Trinajstić information content (AvgIpc) is 2.33. The summed E-state index contributed by atoms with van der Waals surface area (Å²) in [6.45, 7) is 2.57. The molecular weight excluding hydrogens is 242 g/mol. The van der Waals surface area contributed by atoms with Gasteiger partial charge in [-0.25, -0.2) is 8.42 Å². The van der Waals surface area contributed by atoms with Gasteiger partial charge in [-0.3, -0.25) is 4.79 Å². The number of hydrogen-bond donors (Lipinski definition) is 0. The largest absolute Gasteiger partial charge is 0.378 e. The Hall–Kier alpha value is -0.620. The molecule has 2 rings (SSSR count). The molecule has 0 N–H and O–H groups in total. The monoisotopic (exact) mass is 261 g/mol. The van der Waals surface area contributed by atoms with Crippen LogP contribution in [0.2, 0.25) is 0 Å². The van der Waals surface area contributed by atoms with E-state index in [1.54, 1.807) is 0 Å². The Morgan fingerprint density at radius 1 is 1.18 bits per heavy atom. The highest BCUT2D eigenvalue weighted by Gasteiger charge is 2.27. The summed E-state index contributed by atoms with van der Waals surface area (Å²) in [5.74, 6) is 0.883. The number of sulfone groups is 1. The van der Waals surface area contributed by atoms with E-state index < -0.39 is 9.84 Å². The van der Waals surface area contributed by atoms with E-state index >= 15 is 0 Å². The lowest BCUT2D eigenvalue weighted by atomic mass is 9.98. The standard InChI is InChI=1S/C11H19NO4S/c13-11(12-3-5-16-6-4-12)9-10-1-7-17(14,15)8-2-10/h10H,1-9H2. The van der Waals surface area contributed by atoms with Crippen LogP contribution < -0.4 is 0 Å². The van der Waals surface area contributed by atoms with Crippen LogP contribution in [0, 0.1) is 5.92 Å². The van der Waals surface area contributed by atoms with Gasteiger partial charge >= 0.3 is 0 Å². The van der Waals surface area contributed by atoms with Gasteiger partial charge in [0.25, 0.3) is 0 Å². The minimum atomic E-state index is -2.82. The highest BCUT2D eigenvalue weighted by atomic mass is 32.2. The summed E-state index contributed by atoms with van der Waals surface area (Å²) >= 11 is 0. The number of hydrogen-bond acceptors (Lipinski definition) is 4. The molecule has 5 nitrogen and oxygen atoms in total. The summed E-state index contributed by atoms with van der Waals surface area (Å²) in [5.41, 5.74) is 0. The van der Waals surface area contributed by atoms with E-state index in [0.717, 1.165) is 0 Å². The van der Waals surface area contributed by atoms with E-state index in [1.165, 1.54) is 0 Å². The van der Waals surface area contributed by atoms with Gasteiger partial charge in [-0.2, -0.15) is 0 Å². The van der Waals surface area contributed by atoms with Gasteiger partial charge in [-0.1, -0.05) is 0 Å². The molecule has 2 aliphatic heterocycles. The van der Waals surface area contributed by atoms with Gasteiger partial charge < -0.3 is 9.64 Å². The predicted octanol–water partition coefficient (Wildman–Crippen LogP) is 0.0601. The molecule has 1 amide bonds. The number of nitrogens with zero attached hydrogens (tertiary/aromatic N) is 1. The van der Waals surface area contributed by atoms with Crippen LogP contribution in [0.4, 0.5) is 0 Å². The molecule has 6 heteroatoms. The number of morpholine rings is 1. The third kappa shape index (κ3) is 3.67. The van der Waals surface area contributed by atoms with Crippen molar-refractivity contribution >= 4 is 15.7 Å². The fourth-order valence-corrected chi connectivity index (χ4v) is 3.92. The van der Waals surface area contributed by atoms with Crippen LogP contribution in [0.3, 0.4) is 0 Å². The molecule has 0 aromatic rings. The molecule has 0 atom stereocenters. The second-order valence-corrected chi connectivity index (χ2v) is 7.10. The normalized spacial score (nSPS) is 25.8. The minimum Gasteiger partial charge on any atom is -0.378 e. The third-order valence-corrected chi connectivity index (χ3v) is 5.22. The second-order valence-electron chi connectivity index (χ2n) is 4.79. The Morgan fingerprint density at radius 2 is 1.76 bits per heavy atom. The molecule has 0 radical (unpaired) electrons. The van der Waals surface area contributed by atoms with Crippen molar-refractivity contribution in [3.63, 3.8) is 0 Å². The summed E-state index contributed by atoms with van der Waals surface area (Å²) in [4.78, 5) is 13.8. The SMILES string of the molecule is O=C(CC1CCS(=O)(=O)CC1)N1CCOCC1. The van der Waals surface area contributed by atoms with Crippen LogP contribution in [0.25, 0.3) is 0 Å². The maximum Gasteiger partial charge on any atom is 0.223 e. The Kier molecular flexibility index (Phi) is 4.04. The number of rotatable bonds is 2. The molecule has 2 fully saturated rings. The topological polar surface area (TPSA) is 63.7 Å². The zero-order valence-electron chi connectivity index (χ0n) is 9.93. The van der Waals surface area contributed by atoms with Gasteiger partial charge in [0.2, 0.25) is 5.91 Å². The first-order chi connectivity index (χ1) is 8.07. The minimum absolute atomic E-state index is 0.151. The molecule has 0 aliphatic carbocycles. The van der Waals surface area contributed by atoms with Gasteiger partial charge in [0.15, 0.2) is 0 Å². The van der Waals surface area contributed by atoms with Crippen LogP contribution >= 0.6 is 0 Å². The van der Waals surface area contributed by atoms with Crippen LogP contribution in [0.1, 0.15) is 19.3 Å². The van der Waals surface area contributed by atoms with Crippen LogP contribution in [0.5, 0.6) is 0 Å². The molecule has 17 heavy (non-hydrogen) atoms. The van der Waals surface area contributed by atoms with Gasteiger partial charge in [-0.15, -0.1) is 0 Å². The zero-order chi connectivity index (χ0) is 12.3. The predicted molar refractivity (Wildman–Crippen MR) is 63.4 cm³/mol. The lowest BCUT2D eigenvalue weighted by Gasteiger charge is -2.29. The number of ether oxygens (including phenoxy) is 1. The quantitative estimate of drug-likeness (QED) is 0.705. The van der Waals surface area contributed by atoms with E-state index in [2.05, 4.69) is 0 Å². The van der Waals surface area contributed by atoms with Gasteiger partial charge in [-0.05, 0) is 18.8 Å². The maximum atomic E-state index is 11.9. The molecule has 0 aromatic carbocycles.